The Morgan fingerprint density at radius 1 is 1.25 bits per heavy atom. The van der Waals surface area contributed by atoms with Crippen LogP contribution in [0.2, 0.25) is 0 Å². The van der Waals surface area contributed by atoms with Crippen LogP contribution >= 0.6 is 24.0 Å². The number of hydrogen-bond donors (Lipinski definition) is 2. The van der Waals surface area contributed by atoms with Gasteiger partial charge in [-0.15, -0.1) is 24.0 Å². The zero-order chi connectivity index (χ0) is 16.2. The lowest BCUT2D eigenvalue weighted by Crippen LogP contribution is -2.41. The third-order valence-electron chi connectivity index (χ3n) is 4.00. The van der Waals surface area contributed by atoms with Crippen molar-refractivity contribution in [2.45, 2.75) is 25.9 Å². The second-order valence-corrected chi connectivity index (χ2v) is 5.85. The summed E-state index contributed by atoms with van der Waals surface area (Å²) in [6.07, 6.45) is 2.58. The number of morpholine rings is 1. The Morgan fingerprint density at radius 3 is 2.79 bits per heavy atom. The van der Waals surface area contributed by atoms with Gasteiger partial charge in [-0.1, -0.05) is 0 Å². The van der Waals surface area contributed by atoms with Gasteiger partial charge < -0.3 is 24.8 Å². The highest BCUT2D eigenvalue weighted by atomic mass is 127. The van der Waals surface area contributed by atoms with E-state index in [1.807, 2.05) is 0 Å². The summed E-state index contributed by atoms with van der Waals surface area (Å²) in [5, 5.41) is 6.58. The molecule has 0 radical (unpaired) electrons. The summed E-state index contributed by atoms with van der Waals surface area (Å²) in [5.74, 6) is 0.862. The molecule has 142 valence electrons. The van der Waals surface area contributed by atoms with Crippen LogP contribution < -0.4 is 10.6 Å². The smallest absolute Gasteiger partial charge is 0.191 e. The van der Waals surface area contributed by atoms with Gasteiger partial charge in [-0.3, -0.25) is 9.89 Å². The zero-order valence-corrected chi connectivity index (χ0v) is 17.1. The van der Waals surface area contributed by atoms with Crippen molar-refractivity contribution in [1.29, 1.82) is 0 Å². The van der Waals surface area contributed by atoms with Crippen molar-refractivity contribution in [1.82, 2.24) is 15.5 Å². The Kier molecular flexibility index (Phi) is 12.8. The van der Waals surface area contributed by atoms with Gasteiger partial charge in [-0.05, 0) is 19.8 Å². The van der Waals surface area contributed by atoms with Crippen molar-refractivity contribution in [3.8, 4) is 0 Å². The third kappa shape index (κ3) is 9.36. The first-order valence-electron chi connectivity index (χ1n) is 8.90. The summed E-state index contributed by atoms with van der Waals surface area (Å²) < 4.78 is 16.5. The standard InChI is InChI=1S/C16H32N4O3.HI/c1-2-17-16(18-5-7-20-8-12-21-13-9-20)19-6-11-22-14-15-4-3-10-23-15;/h15H,2-14H2,1H3,(H2,17,18,19);1H. The summed E-state index contributed by atoms with van der Waals surface area (Å²) in [6, 6.07) is 0. The van der Waals surface area contributed by atoms with Crippen molar-refractivity contribution in [2.75, 3.05) is 72.3 Å². The SMILES string of the molecule is CCNC(=NCCN1CCOCC1)NCCOCC1CCCO1.I. The van der Waals surface area contributed by atoms with Crippen LogP contribution in [0.15, 0.2) is 4.99 Å². The Labute approximate surface area is 162 Å². The number of guanidine groups is 1. The molecule has 0 saturated carbocycles. The van der Waals surface area contributed by atoms with Gasteiger partial charge in [0.25, 0.3) is 0 Å². The lowest BCUT2D eigenvalue weighted by atomic mass is 10.2. The van der Waals surface area contributed by atoms with E-state index in [0.717, 1.165) is 77.9 Å². The summed E-state index contributed by atoms with van der Waals surface area (Å²) in [4.78, 5) is 7.00. The van der Waals surface area contributed by atoms with E-state index in [2.05, 4.69) is 27.4 Å². The van der Waals surface area contributed by atoms with Crippen molar-refractivity contribution in [2.24, 2.45) is 4.99 Å². The monoisotopic (exact) mass is 456 g/mol. The number of aliphatic imine (C=N–C) groups is 1. The molecular weight excluding hydrogens is 423 g/mol. The largest absolute Gasteiger partial charge is 0.379 e. The first kappa shape index (κ1) is 21.9. The maximum atomic E-state index is 5.65. The van der Waals surface area contributed by atoms with Crippen LogP contribution in [0.25, 0.3) is 0 Å². The number of nitrogens with zero attached hydrogens (tertiary/aromatic N) is 2. The van der Waals surface area contributed by atoms with Crippen LogP contribution in [0.5, 0.6) is 0 Å². The van der Waals surface area contributed by atoms with Crippen LogP contribution in [0.4, 0.5) is 0 Å². The number of rotatable bonds is 9. The Balaban J connectivity index is 0.00000288. The van der Waals surface area contributed by atoms with Crippen molar-refractivity contribution in [3.05, 3.63) is 0 Å². The van der Waals surface area contributed by atoms with Gasteiger partial charge >= 0.3 is 0 Å². The summed E-state index contributed by atoms with van der Waals surface area (Å²) in [7, 11) is 0. The van der Waals surface area contributed by atoms with Crippen LogP contribution in [0, 0.1) is 0 Å². The quantitative estimate of drug-likeness (QED) is 0.230. The average molecular weight is 456 g/mol. The van der Waals surface area contributed by atoms with Crippen LogP contribution in [0.3, 0.4) is 0 Å². The van der Waals surface area contributed by atoms with Crippen molar-refractivity contribution >= 4 is 29.9 Å². The van der Waals surface area contributed by atoms with E-state index >= 15 is 0 Å². The lowest BCUT2D eigenvalue weighted by molar-refractivity contribution is 0.0191. The molecule has 2 aliphatic rings. The molecule has 2 saturated heterocycles. The van der Waals surface area contributed by atoms with Crippen LogP contribution in [-0.2, 0) is 14.2 Å². The summed E-state index contributed by atoms with van der Waals surface area (Å²) >= 11 is 0. The van der Waals surface area contributed by atoms with Gasteiger partial charge in [0.05, 0.1) is 39.1 Å². The fourth-order valence-electron chi connectivity index (χ4n) is 2.70. The summed E-state index contributed by atoms with van der Waals surface area (Å²) in [5.41, 5.74) is 0. The van der Waals surface area contributed by atoms with Gasteiger partial charge in [-0.25, -0.2) is 0 Å². The minimum atomic E-state index is 0. The molecule has 1 unspecified atom stereocenters. The van der Waals surface area contributed by atoms with Crippen molar-refractivity contribution in [3.63, 3.8) is 0 Å². The third-order valence-corrected chi connectivity index (χ3v) is 4.00. The first-order valence-corrected chi connectivity index (χ1v) is 8.90. The molecule has 2 fully saturated rings. The highest BCUT2D eigenvalue weighted by Gasteiger charge is 2.15. The molecule has 0 aliphatic carbocycles. The second kappa shape index (κ2) is 14.1. The van der Waals surface area contributed by atoms with Crippen LogP contribution in [0.1, 0.15) is 19.8 Å². The molecule has 2 rings (SSSR count). The normalized spacial score (nSPS) is 22.2. The molecule has 0 aromatic heterocycles. The molecule has 0 amide bonds. The van der Waals surface area contributed by atoms with E-state index in [-0.39, 0.29) is 24.0 Å². The van der Waals surface area contributed by atoms with E-state index in [1.165, 1.54) is 0 Å². The maximum absolute atomic E-state index is 5.65. The van der Waals surface area contributed by atoms with Crippen molar-refractivity contribution < 1.29 is 14.2 Å². The minimum absolute atomic E-state index is 0. The van der Waals surface area contributed by atoms with Gasteiger partial charge in [0.1, 0.15) is 0 Å². The maximum Gasteiger partial charge on any atom is 0.191 e. The van der Waals surface area contributed by atoms with Gasteiger partial charge in [-0.2, -0.15) is 0 Å². The second-order valence-electron chi connectivity index (χ2n) is 5.85. The number of ether oxygens (including phenoxy) is 3. The molecule has 1 atom stereocenters. The van der Waals surface area contributed by atoms with E-state index in [4.69, 9.17) is 14.2 Å². The molecule has 2 aliphatic heterocycles. The molecule has 0 aromatic rings. The fourth-order valence-corrected chi connectivity index (χ4v) is 2.70. The average Bonchev–Trinajstić information content (AvgIpc) is 3.09. The van der Waals surface area contributed by atoms with Gasteiger partial charge in [0, 0.05) is 39.3 Å². The molecule has 7 nitrogen and oxygen atoms in total. The highest BCUT2D eigenvalue weighted by molar-refractivity contribution is 14.0. The van der Waals surface area contributed by atoms with Gasteiger partial charge in [0.15, 0.2) is 5.96 Å². The number of nitrogens with one attached hydrogen (secondary N) is 2. The minimum Gasteiger partial charge on any atom is -0.379 e. The molecule has 8 heteroatoms. The highest BCUT2D eigenvalue weighted by Crippen LogP contribution is 2.11. The molecule has 0 aromatic carbocycles. The molecule has 2 N–H and O–H groups in total. The Bertz CT molecular complexity index is 335. The fraction of sp³-hybridized carbons (Fsp3) is 0.938. The Morgan fingerprint density at radius 2 is 2.08 bits per heavy atom. The summed E-state index contributed by atoms with van der Waals surface area (Å²) in [6.45, 7) is 11.4. The predicted octanol–water partition coefficient (Wildman–Crippen LogP) is 0.687. The Hall–Kier alpha value is -0.160. The van der Waals surface area contributed by atoms with Gasteiger partial charge in [0.2, 0.25) is 0 Å². The molecule has 24 heavy (non-hydrogen) atoms. The van der Waals surface area contributed by atoms with E-state index in [0.29, 0.717) is 19.3 Å². The lowest BCUT2D eigenvalue weighted by Gasteiger charge is -2.25. The molecule has 0 bridgehead atoms. The number of hydrogen-bond acceptors (Lipinski definition) is 5. The molecule has 2 heterocycles. The zero-order valence-electron chi connectivity index (χ0n) is 14.8. The van der Waals surface area contributed by atoms with Crippen LogP contribution in [-0.4, -0.2) is 89.3 Å². The molecular formula is C16H33IN4O3. The first-order chi connectivity index (χ1) is 11.4. The topological polar surface area (TPSA) is 67.4 Å². The van der Waals surface area contributed by atoms with E-state index < -0.39 is 0 Å². The molecule has 0 spiro atoms. The van der Waals surface area contributed by atoms with E-state index in [1.54, 1.807) is 0 Å². The number of halogens is 1. The predicted molar refractivity (Wildman–Crippen MR) is 106 cm³/mol. The van der Waals surface area contributed by atoms with E-state index in [9.17, 15) is 0 Å².